The summed E-state index contributed by atoms with van der Waals surface area (Å²) in [4.78, 5) is 14.1. The van der Waals surface area contributed by atoms with Crippen LogP contribution in [0.5, 0.6) is 0 Å². The van der Waals surface area contributed by atoms with Crippen molar-refractivity contribution in [3.05, 3.63) is 35.9 Å². The monoisotopic (exact) mass is 305 g/mol. The molecule has 0 radical (unpaired) electrons. The fourth-order valence-corrected chi connectivity index (χ4v) is 2.84. The first kappa shape index (κ1) is 17.0. The zero-order valence-electron chi connectivity index (χ0n) is 13.5. The Kier molecular flexibility index (Phi) is 7.40. The van der Waals surface area contributed by atoms with Crippen molar-refractivity contribution in [3.63, 3.8) is 0 Å². The molecule has 1 saturated heterocycles. The van der Waals surface area contributed by atoms with E-state index in [0.29, 0.717) is 6.61 Å². The van der Waals surface area contributed by atoms with Crippen molar-refractivity contribution in [2.75, 3.05) is 39.5 Å². The number of rotatable bonds is 8. The highest BCUT2D eigenvalue weighted by Gasteiger charge is 2.26. The molecule has 0 aromatic heterocycles. The van der Waals surface area contributed by atoms with Crippen molar-refractivity contribution >= 4 is 5.97 Å². The van der Waals surface area contributed by atoms with Crippen molar-refractivity contribution in [1.82, 2.24) is 4.90 Å². The second-order valence-electron chi connectivity index (χ2n) is 5.74. The van der Waals surface area contributed by atoms with Crippen LogP contribution in [0.1, 0.15) is 25.3 Å². The van der Waals surface area contributed by atoms with Gasteiger partial charge >= 0.3 is 5.97 Å². The molecule has 1 atom stereocenters. The quantitative estimate of drug-likeness (QED) is 0.546. The molecule has 1 heterocycles. The summed E-state index contributed by atoms with van der Waals surface area (Å²) in [6.45, 7) is 6.56. The number of carbonyl (C=O) groups is 1. The van der Waals surface area contributed by atoms with Crippen molar-refractivity contribution in [2.45, 2.75) is 26.2 Å². The number of hydrogen-bond donors (Lipinski definition) is 0. The van der Waals surface area contributed by atoms with Gasteiger partial charge in [-0.3, -0.25) is 4.79 Å². The highest BCUT2D eigenvalue weighted by atomic mass is 16.5. The third-order valence-corrected chi connectivity index (χ3v) is 4.06. The van der Waals surface area contributed by atoms with Crippen LogP contribution in [-0.4, -0.2) is 50.3 Å². The maximum Gasteiger partial charge on any atom is 0.310 e. The first-order chi connectivity index (χ1) is 10.8. The third kappa shape index (κ3) is 5.78. The zero-order valence-corrected chi connectivity index (χ0v) is 13.5. The summed E-state index contributed by atoms with van der Waals surface area (Å²) in [5.74, 6) is -0.00443. The standard InChI is InChI=1S/C18H27NO3/c1-2-22-18(20)17-9-6-11-19(15-17)12-14-21-13-10-16-7-4-3-5-8-16/h3-5,7-8,17H,2,6,9-15H2,1H3/t17-/m0/s1. The summed E-state index contributed by atoms with van der Waals surface area (Å²) in [6.07, 6.45) is 2.96. The fourth-order valence-electron chi connectivity index (χ4n) is 2.84. The molecule has 0 amide bonds. The Morgan fingerprint density at radius 2 is 2.09 bits per heavy atom. The van der Waals surface area contributed by atoms with Gasteiger partial charge in [0.2, 0.25) is 0 Å². The second kappa shape index (κ2) is 9.59. The lowest BCUT2D eigenvalue weighted by Gasteiger charge is -2.31. The molecule has 1 aliphatic heterocycles. The SMILES string of the molecule is CCOC(=O)[C@H]1CCCN(CCOCCc2ccccc2)C1. The maximum absolute atomic E-state index is 11.8. The van der Waals surface area contributed by atoms with E-state index in [0.717, 1.165) is 52.1 Å². The van der Waals surface area contributed by atoms with E-state index in [1.54, 1.807) is 0 Å². The first-order valence-corrected chi connectivity index (χ1v) is 8.30. The summed E-state index contributed by atoms with van der Waals surface area (Å²) in [5.41, 5.74) is 1.31. The average Bonchev–Trinajstić information content (AvgIpc) is 2.56. The lowest BCUT2D eigenvalue weighted by atomic mass is 9.98. The fraction of sp³-hybridized carbons (Fsp3) is 0.611. The van der Waals surface area contributed by atoms with Crippen LogP contribution in [0, 0.1) is 5.92 Å². The van der Waals surface area contributed by atoms with E-state index in [1.807, 2.05) is 13.0 Å². The molecular weight excluding hydrogens is 278 g/mol. The predicted molar refractivity (Wildman–Crippen MR) is 86.8 cm³/mol. The smallest absolute Gasteiger partial charge is 0.310 e. The van der Waals surface area contributed by atoms with Crippen LogP contribution in [0.2, 0.25) is 0 Å². The predicted octanol–water partition coefficient (Wildman–Crippen LogP) is 2.52. The molecular formula is C18H27NO3. The van der Waals surface area contributed by atoms with Gasteiger partial charge in [0.05, 0.1) is 25.7 Å². The molecule has 1 aliphatic rings. The number of carbonyl (C=O) groups excluding carboxylic acids is 1. The number of nitrogens with zero attached hydrogens (tertiary/aromatic N) is 1. The van der Waals surface area contributed by atoms with Crippen molar-refractivity contribution in [1.29, 1.82) is 0 Å². The van der Waals surface area contributed by atoms with E-state index in [4.69, 9.17) is 9.47 Å². The summed E-state index contributed by atoms with van der Waals surface area (Å²) >= 11 is 0. The van der Waals surface area contributed by atoms with Crippen LogP contribution in [0.15, 0.2) is 30.3 Å². The minimum Gasteiger partial charge on any atom is -0.466 e. The number of benzene rings is 1. The summed E-state index contributed by atoms with van der Waals surface area (Å²) in [6, 6.07) is 10.4. The number of piperidine rings is 1. The molecule has 1 fully saturated rings. The molecule has 4 heteroatoms. The Bertz CT molecular complexity index is 435. The van der Waals surface area contributed by atoms with E-state index < -0.39 is 0 Å². The summed E-state index contributed by atoms with van der Waals surface area (Å²) in [7, 11) is 0. The second-order valence-corrected chi connectivity index (χ2v) is 5.74. The minimum absolute atomic E-state index is 0.0398. The minimum atomic E-state index is -0.0443. The lowest BCUT2D eigenvalue weighted by Crippen LogP contribution is -2.40. The zero-order chi connectivity index (χ0) is 15.6. The Morgan fingerprint density at radius 3 is 2.86 bits per heavy atom. The van der Waals surface area contributed by atoms with Crippen LogP contribution in [0.4, 0.5) is 0 Å². The van der Waals surface area contributed by atoms with Gasteiger partial charge in [-0.2, -0.15) is 0 Å². The van der Waals surface area contributed by atoms with E-state index >= 15 is 0 Å². The molecule has 22 heavy (non-hydrogen) atoms. The molecule has 0 unspecified atom stereocenters. The van der Waals surface area contributed by atoms with Gasteiger partial charge in [0, 0.05) is 13.1 Å². The van der Waals surface area contributed by atoms with Gasteiger partial charge in [0.1, 0.15) is 0 Å². The van der Waals surface area contributed by atoms with Gasteiger partial charge in [0.25, 0.3) is 0 Å². The van der Waals surface area contributed by atoms with E-state index in [-0.39, 0.29) is 11.9 Å². The molecule has 1 aromatic rings. The molecule has 122 valence electrons. The highest BCUT2D eigenvalue weighted by Crippen LogP contribution is 2.17. The Hall–Kier alpha value is -1.39. The van der Waals surface area contributed by atoms with Gasteiger partial charge in [-0.25, -0.2) is 0 Å². The van der Waals surface area contributed by atoms with Gasteiger partial charge < -0.3 is 14.4 Å². The van der Waals surface area contributed by atoms with Crippen LogP contribution < -0.4 is 0 Å². The Balaban J connectivity index is 1.59. The Morgan fingerprint density at radius 1 is 1.27 bits per heavy atom. The van der Waals surface area contributed by atoms with Crippen LogP contribution in [-0.2, 0) is 20.7 Å². The van der Waals surface area contributed by atoms with Crippen molar-refractivity contribution in [2.24, 2.45) is 5.92 Å². The maximum atomic E-state index is 11.8. The van der Waals surface area contributed by atoms with Gasteiger partial charge in [-0.15, -0.1) is 0 Å². The van der Waals surface area contributed by atoms with Gasteiger partial charge in [0.15, 0.2) is 0 Å². The van der Waals surface area contributed by atoms with Crippen LogP contribution in [0.25, 0.3) is 0 Å². The average molecular weight is 305 g/mol. The summed E-state index contributed by atoms with van der Waals surface area (Å²) in [5, 5.41) is 0. The molecule has 1 aromatic carbocycles. The van der Waals surface area contributed by atoms with Crippen molar-refractivity contribution in [3.8, 4) is 0 Å². The molecule has 4 nitrogen and oxygen atoms in total. The topological polar surface area (TPSA) is 38.8 Å². The number of hydrogen-bond acceptors (Lipinski definition) is 4. The summed E-state index contributed by atoms with van der Waals surface area (Å²) < 4.78 is 10.9. The van der Waals surface area contributed by atoms with Crippen LogP contribution >= 0.6 is 0 Å². The third-order valence-electron chi connectivity index (χ3n) is 4.06. The van der Waals surface area contributed by atoms with E-state index in [9.17, 15) is 4.79 Å². The molecule has 0 N–H and O–H groups in total. The molecule has 0 bridgehead atoms. The van der Waals surface area contributed by atoms with Gasteiger partial charge in [-0.1, -0.05) is 30.3 Å². The normalized spacial score (nSPS) is 19.0. The van der Waals surface area contributed by atoms with Crippen LogP contribution in [0.3, 0.4) is 0 Å². The number of ether oxygens (including phenoxy) is 2. The largest absolute Gasteiger partial charge is 0.466 e. The van der Waals surface area contributed by atoms with E-state index in [2.05, 4.69) is 29.2 Å². The van der Waals surface area contributed by atoms with Gasteiger partial charge in [-0.05, 0) is 38.3 Å². The van der Waals surface area contributed by atoms with E-state index in [1.165, 1.54) is 5.56 Å². The number of likely N-dealkylation sites (tertiary alicyclic amines) is 1. The number of esters is 1. The molecule has 0 aliphatic carbocycles. The molecule has 0 spiro atoms. The molecule has 2 rings (SSSR count). The highest BCUT2D eigenvalue weighted by molar-refractivity contribution is 5.72. The lowest BCUT2D eigenvalue weighted by molar-refractivity contribution is -0.150. The first-order valence-electron chi connectivity index (χ1n) is 8.30. The van der Waals surface area contributed by atoms with Crippen molar-refractivity contribution < 1.29 is 14.3 Å². The molecule has 0 saturated carbocycles. The Labute approximate surface area is 133 Å².